The molecule has 2 unspecified atom stereocenters. The van der Waals surface area contributed by atoms with Crippen LogP contribution in [0.1, 0.15) is 32.3 Å². The van der Waals surface area contributed by atoms with Gasteiger partial charge in [0.05, 0.1) is 6.10 Å². The van der Waals surface area contributed by atoms with Gasteiger partial charge < -0.3 is 10.4 Å². The molecule has 0 aliphatic heterocycles. The summed E-state index contributed by atoms with van der Waals surface area (Å²) in [5.74, 6) is -0.0424. The quantitative estimate of drug-likeness (QED) is 0.848. The summed E-state index contributed by atoms with van der Waals surface area (Å²) >= 11 is 11.8. The fourth-order valence-corrected chi connectivity index (χ4v) is 2.39. The van der Waals surface area contributed by atoms with Gasteiger partial charge in [-0.3, -0.25) is 4.79 Å². The van der Waals surface area contributed by atoms with Gasteiger partial charge in [0.15, 0.2) is 0 Å². The average molecular weight is 304 g/mol. The summed E-state index contributed by atoms with van der Waals surface area (Å²) in [4.78, 5) is 11.7. The van der Waals surface area contributed by atoms with Crippen LogP contribution in [0.15, 0.2) is 18.2 Å². The lowest BCUT2D eigenvalue weighted by molar-refractivity contribution is -0.121. The number of carbonyl (C=O) groups excluding carboxylic acids is 1. The third-order valence-electron chi connectivity index (χ3n) is 2.74. The van der Waals surface area contributed by atoms with Gasteiger partial charge in [-0.2, -0.15) is 0 Å². The molecule has 0 fully saturated rings. The molecule has 0 aliphatic carbocycles. The highest BCUT2D eigenvalue weighted by atomic mass is 35.5. The molecular weight excluding hydrogens is 285 g/mol. The second-order valence-corrected chi connectivity index (χ2v) is 5.63. The summed E-state index contributed by atoms with van der Waals surface area (Å²) in [6, 6.07) is 5.23. The first-order valence-corrected chi connectivity index (χ1v) is 7.05. The molecule has 0 aromatic heterocycles. The Hall–Kier alpha value is -0.770. The Labute approximate surface area is 123 Å². The van der Waals surface area contributed by atoms with Gasteiger partial charge >= 0.3 is 0 Å². The van der Waals surface area contributed by atoms with Crippen molar-refractivity contribution in [1.29, 1.82) is 0 Å². The molecule has 0 saturated carbocycles. The maximum atomic E-state index is 11.7. The van der Waals surface area contributed by atoms with Gasteiger partial charge in [0.2, 0.25) is 5.91 Å². The van der Waals surface area contributed by atoms with E-state index >= 15 is 0 Å². The van der Waals surface area contributed by atoms with E-state index < -0.39 is 6.10 Å². The molecule has 0 spiro atoms. The summed E-state index contributed by atoms with van der Waals surface area (Å²) in [7, 11) is 0. The molecule has 0 heterocycles. The summed E-state index contributed by atoms with van der Waals surface area (Å²) < 4.78 is 0. The molecule has 5 heteroatoms. The van der Waals surface area contributed by atoms with E-state index in [4.69, 9.17) is 23.2 Å². The van der Waals surface area contributed by atoms with Gasteiger partial charge in [-0.25, -0.2) is 0 Å². The van der Waals surface area contributed by atoms with E-state index in [1.54, 1.807) is 19.1 Å². The Balaban J connectivity index is 2.41. The van der Waals surface area contributed by atoms with Crippen molar-refractivity contribution >= 4 is 29.1 Å². The predicted molar refractivity (Wildman–Crippen MR) is 78.7 cm³/mol. The molecule has 0 bridgehead atoms. The number of aliphatic hydroxyl groups is 1. The van der Waals surface area contributed by atoms with Crippen molar-refractivity contribution in [2.75, 3.05) is 0 Å². The number of hydrogen-bond donors (Lipinski definition) is 2. The summed E-state index contributed by atoms with van der Waals surface area (Å²) in [5.41, 5.74) is 0.907. The number of amides is 1. The lowest BCUT2D eigenvalue weighted by atomic mass is 10.1. The topological polar surface area (TPSA) is 49.3 Å². The maximum Gasteiger partial charge on any atom is 0.220 e. The van der Waals surface area contributed by atoms with Crippen LogP contribution in [-0.4, -0.2) is 23.2 Å². The van der Waals surface area contributed by atoms with E-state index in [1.807, 2.05) is 13.0 Å². The fourth-order valence-electron chi connectivity index (χ4n) is 1.89. The fraction of sp³-hybridized carbons (Fsp3) is 0.500. The highest BCUT2D eigenvalue weighted by molar-refractivity contribution is 6.35. The van der Waals surface area contributed by atoms with Crippen molar-refractivity contribution in [3.05, 3.63) is 33.8 Å². The van der Waals surface area contributed by atoms with Gasteiger partial charge in [-0.05, 0) is 44.4 Å². The molecule has 0 saturated heterocycles. The van der Waals surface area contributed by atoms with E-state index in [0.717, 1.165) is 5.56 Å². The van der Waals surface area contributed by atoms with E-state index in [-0.39, 0.29) is 11.9 Å². The Kier molecular flexibility index (Phi) is 6.63. The Morgan fingerprint density at radius 1 is 1.37 bits per heavy atom. The van der Waals surface area contributed by atoms with Gasteiger partial charge in [-0.1, -0.05) is 29.3 Å². The average Bonchev–Trinajstić information content (AvgIpc) is 2.26. The van der Waals surface area contributed by atoms with Crippen molar-refractivity contribution in [3.8, 4) is 0 Å². The first-order valence-electron chi connectivity index (χ1n) is 6.30. The molecule has 19 heavy (non-hydrogen) atoms. The van der Waals surface area contributed by atoms with Crippen LogP contribution in [0.2, 0.25) is 10.0 Å². The largest absolute Gasteiger partial charge is 0.393 e. The molecule has 1 aromatic rings. The highest BCUT2D eigenvalue weighted by Gasteiger charge is 2.10. The maximum absolute atomic E-state index is 11.7. The smallest absolute Gasteiger partial charge is 0.220 e. The van der Waals surface area contributed by atoms with E-state index in [2.05, 4.69) is 5.32 Å². The van der Waals surface area contributed by atoms with Crippen LogP contribution in [0, 0.1) is 0 Å². The zero-order chi connectivity index (χ0) is 14.4. The summed E-state index contributed by atoms with van der Waals surface area (Å²) in [5, 5.41) is 13.2. The monoisotopic (exact) mass is 303 g/mol. The lowest BCUT2D eigenvalue weighted by Gasteiger charge is -2.15. The molecule has 0 radical (unpaired) electrons. The molecular formula is C14H19Cl2NO2. The Morgan fingerprint density at radius 2 is 2.05 bits per heavy atom. The number of aryl methyl sites for hydroxylation is 1. The molecule has 106 valence electrons. The molecule has 3 nitrogen and oxygen atoms in total. The van der Waals surface area contributed by atoms with Gasteiger partial charge in [0.1, 0.15) is 0 Å². The van der Waals surface area contributed by atoms with E-state index in [1.165, 1.54) is 0 Å². The summed E-state index contributed by atoms with van der Waals surface area (Å²) in [6.45, 7) is 3.58. The minimum atomic E-state index is -0.416. The van der Waals surface area contributed by atoms with E-state index in [0.29, 0.717) is 29.3 Å². The third kappa shape index (κ3) is 6.28. The third-order valence-corrected chi connectivity index (χ3v) is 3.33. The normalized spacial score (nSPS) is 13.9. The summed E-state index contributed by atoms with van der Waals surface area (Å²) in [6.07, 6.45) is 1.07. The zero-order valence-corrected chi connectivity index (χ0v) is 12.6. The number of aliphatic hydroxyl groups excluding tert-OH is 1. The van der Waals surface area contributed by atoms with Crippen LogP contribution in [0.5, 0.6) is 0 Å². The number of benzene rings is 1. The first kappa shape index (κ1) is 16.3. The standard InChI is InChI=1S/C14H19Cl2NO2/c1-9(7-10(2)18)17-14(19)6-4-11-3-5-12(15)8-13(11)16/h3,5,8-10,18H,4,6-7H2,1-2H3,(H,17,19). The minimum absolute atomic E-state index is 0.0341. The van der Waals surface area contributed by atoms with Crippen molar-refractivity contribution < 1.29 is 9.90 Å². The lowest BCUT2D eigenvalue weighted by Crippen LogP contribution is -2.34. The number of carbonyl (C=O) groups is 1. The minimum Gasteiger partial charge on any atom is -0.393 e. The second-order valence-electron chi connectivity index (χ2n) is 4.79. The van der Waals surface area contributed by atoms with Gasteiger partial charge in [0.25, 0.3) is 0 Å². The number of rotatable bonds is 6. The van der Waals surface area contributed by atoms with E-state index in [9.17, 15) is 9.90 Å². The Bertz CT molecular complexity index is 435. The van der Waals surface area contributed by atoms with Gasteiger partial charge in [0, 0.05) is 22.5 Å². The predicted octanol–water partition coefficient (Wildman–Crippen LogP) is 3.20. The molecule has 2 atom stereocenters. The van der Waals surface area contributed by atoms with Crippen molar-refractivity contribution in [3.63, 3.8) is 0 Å². The molecule has 2 N–H and O–H groups in total. The number of hydrogen-bond acceptors (Lipinski definition) is 2. The van der Waals surface area contributed by atoms with Gasteiger partial charge in [-0.15, -0.1) is 0 Å². The highest BCUT2D eigenvalue weighted by Crippen LogP contribution is 2.22. The van der Waals surface area contributed by atoms with Crippen LogP contribution in [0.4, 0.5) is 0 Å². The zero-order valence-electron chi connectivity index (χ0n) is 11.1. The molecule has 1 rings (SSSR count). The van der Waals surface area contributed by atoms with Crippen LogP contribution in [-0.2, 0) is 11.2 Å². The number of halogens is 2. The molecule has 0 aliphatic rings. The Morgan fingerprint density at radius 3 is 2.63 bits per heavy atom. The van der Waals surface area contributed by atoms with Crippen LogP contribution < -0.4 is 5.32 Å². The van der Waals surface area contributed by atoms with Crippen LogP contribution >= 0.6 is 23.2 Å². The second kappa shape index (κ2) is 7.73. The SMILES string of the molecule is CC(O)CC(C)NC(=O)CCc1ccc(Cl)cc1Cl. The molecule has 1 aromatic carbocycles. The van der Waals surface area contributed by atoms with Crippen LogP contribution in [0.3, 0.4) is 0 Å². The number of nitrogens with one attached hydrogen (secondary N) is 1. The van der Waals surface area contributed by atoms with Crippen molar-refractivity contribution in [2.45, 2.75) is 45.3 Å². The van der Waals surface area contributed by atoms with Crippen LogP contribution in [0.25, 0.3) is 0 Å². The first-order chi connectivity index (χ1) is 8.88. The van der Waals surface area contributed by atoms with Crippen molar-refractivity contribution in [1.82, 2.24) is 5.32 Å². The molecule has 1 amide bonds. The van der Waals surface area contributed by atoms with Crippen molar-refractivity contribution in [2.24, 2.45) is 0 Å².